The minimum atomic E-state index is -0.318. The lowest BCUT2D eigenvalue weighted by atomic mass is 10.2. The van der Waals surface area contributed by atoms with Crippen molar-refractivity contribution in [1.82, 2.24) is 9.97 Å². The monoisotopic (exact) mass is 388 g/mol. The maximum atomic E-state index is 12.1. The van der Waals surface area contributed by atoms with Gasteiger partial charge in [-0.05, 0) is 31.2 Å². The van der Waals surface area contributed by atoms with Gasteiger partial charge >= 0.3 is 6.03 Å². The van der Waals surface area contributed by atoms with E-state index in [1.165, 1.54) is 5.69 Å². The highest BCUT2D eigenvalue weighted by Gasteiger charge is 2.19. The van der Waals surface area contributed by atoms with Gasteiger partial charge in [-0.3, -0.25) is 0 Å². The van der Waals surface area contributed by atoms with Crippen LogP contribution in [0.5, 0.6) is 0 Å². The van der Waals surface area contributed by atoms with Gasteiger partial charge in [0.1, 0.15) is 0 Å². The standard InChI is InChI=1S/C22H24N6O/c1-17-7-9-18(10-8-17)25-22(29)26-19-15-23-21(24-16-19)28-13-11-27(12-14-28)20-5-3-2-4-6-20/h2-10,15-16H,11-14H2,1H3,(H2,25,26,29). The first kappa shape index (κ1) is 18.7. The lowest BCUT2D eigenvalue weighted by Gasteiger charge is -2.36. The topological polar surface area (TPSA) is 73.4 Å². The van der Waals surface area contributed by atoms with E-state index in [0.29, 0.717) is 11.6 Å². The van der Waals surface area contributed by atoms with Crippen molar-refractivity contribution >= 4 is 29.0 Å². The van der Waals surface area contributed by atoms with E-state index in [2.05, 4.69) is 54.7 Å². The number of benzene rings is 2. The van der Waals surface area contributed by atoms with Gasteiger partial charge in [0.05, 0.1) is 18.1 Å². The Morgan fingerprint density at radius 1 is 0.793 bits per heavy atom. The summed E-state index contributed by atoms with van der Waals surface area (Å²) in [6, 6.07) is 17.7. The lowest BCUT2D eigenvalue weighted by molar-refractivity contribution is 0.262. The molecular formula is C22H24N6O. The van der Waals surface area contributed by atoms with Crippen LogP contribution in [0.1, 0.15) is 5.56 Å². The van der Waals surface area contributed by atoms with Crippen LogP contribution in [0.4, 0.5) is 27.8 Å². The van der Waals surface area contributed by atoms with Gasteiger partial charge in [0.2, 0.25) is 5.95 Å². The van der Waals surface area contributed by atoms with Crippen LogP contribution in [0.15, 0.2) is 67.0 Å². The Morgan fingerprint density at radius 2 is 1.38 bits per heavy atom. The molecule has 29 heavy (non-hydrogen) atoms. The fourth-order valence-corrected chi connectivity index (χ4v) is 3.28. The van der Waals surface area contributed by atoms with Crippen LogP contribution in [0.25, 0.3) is 0 Å². The number of aromatic nitrogens is 2. The molecule has 148 valence electrons. The van der Waals surface area contributed by atoms with E-state index in [4.69, 9.17) is 0 Å². The van der Waals surface area contributed by atoms with Gasteiger partial charge in [0, 0.05) is 37.6 Å². The molecule has 7 heteroatoms. The first-order chi connectivity index (χ1) is 14.2. The molecule has 2 heterocycles. The number of amides is 2. The molecule has 0 saturated carbocycles. The molecule has 0 radical (unpaired) electrons. The number of hydrogen-bond acceptors (Lipinski definition) is 5. The highest BCUT2D eigenvalue weighted by Crippen LogP contribution is 2.18. The maximum Gasteiger partial charge on any atom is 0.323 e. The Bertz CT molecular complexity index is 935. The van der Waals surface area contributed by atoms with E-state index in [9.17, 15) is 4.79 Å². The molecule has 2 N–H and O–H groups in total. The fraction of sp³-hybridized carbons (Fsp3) is 0.227. The van der Waals surface area contributed by atoms with E-state index in [0.717, 1.165) is 37.4 Å². The van der Waals surface area contributed by atoms with Crippen molar-refractivity contribution in [1.29, 1.82) is 0 Å². The summed E-state index contributed by atoms with van der Waals surface area (Å²) >= 11 is 0. The zero-order valence-corrected chi connectivity index (χ0v) is 16.4. The van der Waals surface area contributed by atoms with Crippen LogP contribution in [-0.4, -0.2) is 42.2 Å². The average molecular weight is 388 g/mol. The van der Waals surface area contributed by atoms with Gasteiger partial charge in [-0.25, -0.2) is 14.8 Å². The molecule has 0 atom stereocenters. The smallest absolute Gasteiger partial charge is 0.323 e. The van der Waals surface area contributed by atoms with Gasteiger partial charge in [-0.2, -0.15) is 0 Å². The average Bonchev–Trinajstić information content (AvgIpc) is 2.77. The van der Waals surface area contributed by atoms with Crippen molar-refractivity contribution in [2.45, 2.75) is 6.92 Å². The largest absolute Gasteiger partial charge is 0.368 e. The predicted octanol–water partition coefficient (Wildman–Crippen LogP) is 3.76. The molecule has 1 aromatic heterocycles. The van der Waals surface area contributed by atoms with Crippen molar-refractivity contribution in [3.63, 3.8) is 0 Å². The third-order valence-corrected chi connectivity index (χ3v) is 4.89. The number of rotatable bonds is 4. The third kappa shape index (κ3) is 4.82. The van der Waals surface area contributed by atoms with Crippen LogP contribution in [0, 0.1) is 6.92 Å². The number of nitrogens with zero attached hydrogens (tertiary/aromatic N) is 4. The molecule has 1 aliphatic heterocycles. The number of piperazine rings is 1. The molecule has 2 aromatic carbocycles. The van der Waals surface area contributed by atoms with Crippen molar-refractivity contribution < 1.29 is 4.79 Å². The summed E-state index contributed by atoms with van der Waals surface area (Å²) in [4.78, 5) is 25.5. The molecule has 0 aliphatic carbocycles. The summed E-state index contributed by atoms with van der Waals surface area (Å²) in [6.45, 7) is 5.56. The molecule has 7 nitrogen and oxygen atoms in total. The quantitative estimate of drug-likeness (QED) is 0.712. The minimum absolute atomic E-state index is 0.318. The summed E-state index contributed by atoms with van der Waals surface area (Å²) in [7, 11) is 0. The second-order valence-electron chi connectivity index (χ2n) is 7.03. The zero-order chi connectivity index (χ0) is 20.1. The molecule has 1 saturated heterocycles. The van der Waals surface area contributed by atoms with Gasteiger partial charge in [-0.1, -0.05) is 35.9 Å². The SMILES string of the molecule is Cc1ccc(NC(=O)Nc2cnc(N3CCN(c4ccccc4)CC3)nc2)cc1. The molecule has 4 rings (SSSR count). The molecule has 0 spiro atoms. The minimum Gasteiger partial charge on any atom is -0.368 e. The van der Waals surface area contributed by atoms with E-state index < -0.39 is 0 Å². The van der Waals surface area contributed by atoms with Crippen LogP contribution in [-0.2, 0) is 0 Å². The van der Waals surface area contributed by atoms with Crippen molar-refractivity contribution in [3.05, 3.63) is 72.6 Å². The van der Waals surface area contributed by atoms with E-state index in [1.807, 2.05) is 37.3 Å². The zero-order valence-electron chi connectivity index (χ0n) is 16.4. The second kappa shape index (κ2) is 8.60. The van der Waals surface area contributed by atoms with Crippen molar-refractivity contribution in [2.24, 2.45) is 0 Å². The summed E-state index contributed by atoms with van der Waals surface area (Å²) in [5, 5.41) is 5.56. The van der Waals surface area contributed by atoms with Gasteiger partial charge in [0.15, 0.2) is 0 Å². The van der Waals surface area contributed by atoms with Gasteiger partial charge in [0.25, 0.3) is 0 Å². The van der Waals surface area contributed by atoms with Crippen LogP contribution in [0.3, 0.4) is 0 Å². The molecule has 0 bridgehead atoms. The molecule has 2 amide bonds. The first-order valence-corrected chi connectivity index (χ1v) is 9.69. The number of anilines is 4. The Kier molecular flexibility index (Phi) is 5.56. The van der Waals surface area contributed by atoms with Gasteiger partial charge in [-0.15, -0.1) is 0 Å². The Balaban J connectivity index is 1.30. The molecular weight excluding hydrogens is 364 g/mol. The molecule has 1 fully saturated rings. The van der Waals surface area contributed by atoms with Crippen LogP contribution in [0.2, 0.25) is 0 Å². The van der Waals surface area contributed by atoms with Gasteiger partial charge < -0.3 is 20.4 Å². The molecule has 0 unspecified atom stereocenters. The molecule has 3 aromatic rings. The number of hydrogen-bond donors (Lipinski definition) is 2. The summed E-state index contributed by atoms with van der Waals surface area (Å²) in [6.07, 6.45) is 3.28. The summed E-state index contributed by atoms with van der Waals surface area (Å²) in [5.41, 5.74) is 3.68. The number of nitrogens with one attached hydrogen (secondary N) is 2. The third-order valence-electron chi connectivity index (χ3n) is 4.89. The second-order valence-corrected chi connectivity index (χ2v) is 7.03. The molecule has 1 aliphatic rings. The van der Waals surface area contributed by atoms with Crippen molar-refractivity contribution in [2.75, 3.05) is 46.6 Å². The fourth-order valence-electron chi connectivity index (χ4n) is 3.28. The van der Waals surface area contributed by atoms with E-state index in [-0.39, 0.29) is 6.03 Å². The highest BCUT2D eigenvalue weighted by atomic mass is 16.2. The Morgan fingerprint density at radius 3 is 2.03 bits per heavy atom. The first-order valence-electron chi connectivity index (χ1n) is 9.69. The highest BCUT2D eigenvalue weighted by molar-refractivity contribution is 5.99. The number of carbonyl (C=O) groups excluding carboxylic acids is 1. The summed E-state index contributed by atoms with van der Waals surface area (Å²) < 4.78 is 0. The van der Waals surface area contributed by atoms with Crippen LogP contribution >= 0.6 is 0 Å². The predicted molar refractivity (Wildman–Crippen MR) is 117 cm³/mol. The Labute approximate surface area is 170 Å². The van der Waals surface area contributed by atoms with E-state index >= 15 is 0 Å². The number of urea groups is 1. The van der Waals surface area contributed by atoms with E-state index in [1.54, 1.807) is 12.4 Å². The normalized spacial score (nSPS) is 13.8. The number of aryl methyl sites for hydroxylation is 1. The Hall–Kier alpha value is -3.61. The number of para-hydroxylation sites is 1. The number of carbonyl (C=O) groups is 1. The summed E-state index contributed by atoms with van der Waals surface area (Å²) in [5.74, 6) is 0.683. The lowest BCUT2D eigenvalue weighted by Crippen LogP contribution is -2.47. The van der Waals surface area contributed by atoms with Crippen LogP contribution < -0.4 is 20.4 Å². The maximum absolute atomic E-state index is 12.1. The van der Waals surface area contributed by atoms with Crippen molar-refractivity contribution in [3.8, 4) is 0 Å².